The molecule has 0 aliphatic heterocycles. The first kappa shape index (κ1) is 14.5. The Labute approximate surface area is 121 Å². The van der Waals surface area contributed by atoms with Crippen LogP contribution in [0.3, 0.4) is 0 Å². The van der Waals surface area contributed by atoms with Gasteiger partial charge >= 0.3 is 11.7 Å². The lowest BCUT2D eigenvalue weighted by atomic mass is 10.1. The molecule has 0 aliphatic rings. The highest BCUT2D eigenvalue weighted by molar-refractivity contribution is 5.95. The van der Waals surface area contributed by atoms with Gasteiger partial charge in [-0.3, -0.25) is 10.1 Å². The predicted molar refractivity (Wildman–Crippen MR) is 78.5 cm³/mol. The van der Waals surface area contributed by atoms with Crippen molar-refractivity contribution < 1.29 is 14.8 Å². The third-order valence-electron chi connectivity index (χ3n) is 3.12. The second kappa shape index (κ2) is 6.04. The number of nitro groups is 1. The highest BCUT2D eigenvalue weighted by Crippen LogP contribution is 2.31. The van der Waals surface area contributed by atoms with Gasteiger partial charge in [-0.25, -0.2) is 4.79 Å². The summed E-state index contributed by atoms with van der Waals surface area (Å²) in [5.41, 5.74) is 0.391. The largest absolute Gasteiger partial charge is 0.477 e. The van der Waals surface area contributed by atoms with Crippen LogP contribution in [0.5, 0.6) is 0 Å². The zero-order valence-electron chi connectivity index (χ0n) is 11.3. The molecule has 0 radical (unpaired) electrons. The number of rotatable bonds is 5. The van der Waals surface area contributed by atoms with Crippen LogP contribution in [0.4, 0.5) is 11.4 Å². The van der Waals surface area contributed by atoms with Gasteiger partial charge in [0.15, 0.2) is 0 Å². The Morgan fingerprint density at radius 3 is 2.43 bits per heavy atom. The first-order valence-corrected chi connectivity index (χ1v) is 6.33. The van der Waals surface area contributed by atoms with Crippen LogP contribution in [0.2, 0.25) is 0 Å². The topological polar surface area (TPSA) is 92.5 Å². The standard InChI is InChI=1S/C15H14N2O4/c1-10(11-6-3-2-4-7-11)16-13-9-5-8-12(15(18)19)14(13)17(20)21/h2-10,16H,1H3,(H,18,19). The predicted octanol–water partition coefficient (Wildman–Crippen LogP) is 3.47. The molecule has 2 aromatic rings. The third-order valence-corrected chi connectivity index (χ3v) is 3.12. The minimum Gasteiger partial charge on any atom is -0.477 e. The van der Waals surface area contributed by atoms with Crippen molar-refractivity contribution in [1.82, 2.24) is 0 Å². The Morgan fingerprint density at radius 2 is 1.86 bits per heavy atom. The average Bonchev–Trinajstić information content (AvgIpc) is 2.47. The summed E-state index contributed by atoms with van der Waals surface area (Å²) in [7, 11) is 0. The van der Waals surface area contributed by atoms with E-state index >= 15 is 0 Å². The molecule has 108 valence electrons. The summed E-state index contributed by atoms with van der Waals surface area (Å²) in [6.07, 6.45) is 0. The number of nitrogens with zero attached hydrogens (tertiary/aromatic N) is 1. The van der Waals surface area contributed by atoms with Gasteiger partial charge in [-0.05, 0) is 24.6 Å². The molecule has 6 nitrogen and oxygen atoms in total. The molecule has 2 aromatic carbocycles. The zero-order valence-corrected chi connectivity index (χ0v) is 11.3. The van der Waals surface area contributed by atoms with Crippen LogP contribution in [-0.4, -0.2) is 16.0 Å². The van der Waals surface area contributed by atoms with E-state index < -0.39 is 16.6 Å². The van der Waals surface area contributed by atoms with E-state index in [4.69, 9.17) is 5.11 Å². The van der Waals surface area contributed by atoms with Gasteiger partial charge in [0, 0.05) is 6.04 Å². The van der Waals surface area contributed by atoms with Crippen LogP contribution < -0.4 is 5.32 Å². The summed E-state index contributed by atoms with van der Waals surface area (Å²) >= 11 is 0. The summed E-state index contributed by atoms with van der Waals surface area (Å²) < 4.78 is 0. The van der Waals surface area contributed by atoms with Crippen molar-refractivity contribution in [1.29, 1.82) is 0 Å². The Balaban J connectivity index is 2.38. The molecule has 0 aromatic heterocycles. The molecule has 21 heavy (non-hydrogen) atoms. The first-order chi connectivity index (χ1) is 10.0. The van der Waals surface area contributed by atoms with Crippen LogP contribution in [-0.2, 0) is 0 Å². The Hall–Kier alpha value is -2.89. The van der Waals surface area contributed by atoms with Crippen molar-refractivity contribution in [3.05, 3.63) is 69.8 Å². The first-order valence-electron chi connectivity index (χ1n) is 6.33. The number of aromatic carboxylic acids is 1. The number of hydrogen-bond acceptors (Lipinski definition) is 4. The molecular weight excluding hydrogens is 272 g/mol. The molecule has 1 atom stereocenters. The summed E-state index contributed by atoms with van der Waals surface area (Å²) in [6, 6.07) is 13.4. The second-order valence-electron chi connectivity index (χ2n) is 4.54. The van der Waals surface area contributed by atoms with Crippen molar-refractivity contribution in [3.63, 3.8) is 0 Å². The molecule has 6 heteroatoms. The molecule has 0 amide bonds. The lowest BCUT2D eigenvalue weighted by Gasteiger charge is -2.16. The fraction of sp³-hybridized carbons (Fsp3) is 0.133. The monoisotopic (exact) mass is 286 g/mol. The van der Waals surface area contributed by atoms with Crippen molar-refractivity contribution >= 4 is 17.3 Å². The number of para-hydroxylation sites is 1. The van der Waals surface area contributed by atoms with E-state index in [-0.39, 0.29) is 17.3 Å². The van der Waals surface area contributed by atoms with Gasteiger partial charge in [-0.2, -0.15) is 0 Å². The SMILES string of the molecule is CC(Nc1cccc(C(=O)O)c1[N+](=O)[O-])c1ccccc1. The highest BCUT2D eigenvalue weighted by Gasteiger charge is 2.24. The van der Waals surface area contributed by atoms with Crippen molar-refractivity contribution in [3.8, 4) is 0 Å². The van der Waals surface area contributed by atoms with E-state index in [1.807, 2.05) is 37.3 Å². The lowest BCUT2D eigenvalue weighted by molar-refractivity contribution is -0.384. The number of carboxylic acid groups (broad SMARTS) is 1. The molecular formula is C15H14N2O4. The van der Waals surface area contributed by atoms with E-state index in [9.17, 15) is 14.9 Å². The van der Waals surface area contributed by atoms with Crippen molar-refractivity contribution in [2.75, 3.05) is 5.32 Å². The quantitative estimate of drug-likeness (QED) is 0.648. The van der Waals surface area contributed by atoms with Gasteiger partial charge in [0.1, 0.15) is 11.3 Å². The molecule has 2 N–H and O–H groups in total. The number of hydrogen-bond donors (Lipinski definition) is 2. The van der Waals surface area contributed by atoms with Crippen molar-refractivity contribution in [2.24, 2.45) is 0 Å². The highest BCUT2D eigenvalue weighted by atomic mass is 16.6. The number of nitro benzene ring substituents is 1. The van der Waals surface area contributed by atoms with Gasteiger partial charge in [-0.15, -0.1) is 0 Å². The van der Waals surface area contributed by atoms with Gasteiger partial charge in [0.2, 0.25) is 0 Å². The molecule has 0 saturated carbocycles. The molecule has 1 unspecified atom stereocenters. The van der Waals surface area contributed by atoms with Crippen LogP contribution in [0.1, 0.15) is 28.9 Å². The summed E-state index contributed by atoms with van der Waals surface area (Å²) in [5, 5.41) is 23.2. The number of carboxylic acids is 1. The number of nitrogens with one attached hydrogen (secondary N) is 1. The van der Waals surface area contributed by atoms with E-state index in [0.717, 1.165) is 5.56 Å². The molecule has 0 spiro atoms. The maximum Gasteiger partial charge on any atom is 0.342 e. The van der Waals surface area contributed by atoms with E-state index in [1.165, 1.54) is 18.2 Å². The fourth-order valence-corrected chi connectivity index (χ4v) is 2.09. The maximum absolute atomic E-state index is 11.2. The second-order valence-corrected chi connectivity index (χ2v) is 4.54. The fourth-order valence-electron chi connectivity index (χ4n) is 2.09. The van der Waals surface area contributed by atoms with Crippen LogP contribution in [0, 0.1) is 10.1 Å². The van der Waals surface area contributed by atoms with Crippen LogP contribution in [0.15, 0.2) is 48.5 Å². The number of anilines is 1. The van der Waals surface area contributed by atoms with Crippen LogP contribution >= 0.6 is 0 Å². The van der Waals surface area contributed by atoms with Crippen LogP contribution in [0.25, 0.3) is 0 Å². The molecule has 0 aliphatic carbocycles. The number of benzene rings is 2. The molecule has 2 rings (SSSR count). The average molecular weight is 286 g/mol. The molecule has 0 saturated heterocycles. The van der Waals surface area contributed by atoms with Gasteiger partial charge in [-0.1, -0.05) is 36.4 Å². The summed E-state index contributed by atoms with van der Waals surface area (Å²) in [4.78, 5) is 21.6. The van der Waals surface area contributed by atoms with Gasteiger partial charge in [0.25, 0.3) is 0 Å². The third kappa shape index (κ3) is 3.17. The summed E-state index contributed by atoms with van der Waals surface area (Å²) in [6.45, 7) is 1.85. The van der Waals surface area contributed by atoms with E-state index in [0.29, 0.717) is 0 Å². The molecule has 0 heterocycles. The van der Waals surface area contributed by atoms with Gasteiger partial charge in [0.05, 0.1) is 4.92 Å². The smallest absolute Gasteiger partial charge is 0.342 e. The van der Waals surface area contributed by atoms with Crippen molar-refractivity contribution in [2.45, 2.75) is 13.0 Å². The minimum atomic E-state index is -1.32. The van der Waals surface area contributed by atoms with Gasteiger partial charge < -0.3 is 10.4 Å². The number of carbonyl (C=O) groups is 1. The zero-order chi connectivity index (χ0) is 15.4. The molecule has 0 bridgehead atoms. The normalized spacial score (nSPS) is 11.7. The Kier molecular flexibility index (Phi) is 4.18. The van der Waals surface area contributed by atoms with E-state index in [1.54, 1.807) is 0 Å². The minimum absolute atomic E-state index is 0.186. The van der Waals surface area contributed by atoms with E-state index in [2.05, 4.69) is 5.32 Å². The maximum atomic E-state index is 11.2. The Bertz CT molecular complexity index is 671. The summed E-state index contributed by atoms with van der Waals surface area (Å²) in [5.74, 6) is -1.32. The Morgan fingerprint density at radius 1 is 1.19 bits per heavy atom. The lowest BCUT2D eigenvalue weighted by Crippen LogP contribution is -2.11. The molecule has 0 fully saturated rings.